The van der Waals surface area contributed by atoms with E-state index in [4.69, 9.17) is 0 Å². The van der Waals surface area contributed by atoms with Crippen molar-refractivity contribution in [2.45, 2.75) is 0 Å². The fourth-order valence-corrected chi connectivity index (χ4v) is 1.34. The predicted molar refractivity (Wildman–Crippen MR) is 49.8 cm³/mol. The third-order valence-electron chi connectivity index (χ3n) is 2.06. The quantitative estimate of drug-likeness (QED) is 0.670. The molecule has 79 valence electrons. The number of aromatic amines is 1. The Balaban J connectivity index is 2.22. The lowest BCUT2D eigenvalue weighted by molar-refractivity contribution is 0.576. The molecule has 1 N–H and O–H groups in total. The third kappa shape index (κ3) is 1.25. The van der Waals surface area contributed by atoms with Gasteiger partial charge in [0.05, 0.1) is 0 Å². The van der Waals surface area contributed by atoms with E-state index < -0.39 is 11.6 Å². The second kappa shape index (κ2) is 3.09. The monoisotopic (exact) mass is 220 g/mol. The maximum absolute atomic E-state index is 13.4. The lowest BCUT2D eigenvalue weighted by Crippen LogP contribution is -2.02. The van der Waals surface area contributed by atoms with Crippen LogP contribution in [0.2, 0.25) is 0 Å². The van der Waals surface area contributed by atoms with Gasteiger partial charge in [-0.1, -0.05) is 0 Å². The summed E-state index contributed by atoms with van der Waals surface area (Å²) in [6, 6.07) is 3.06. The summed E-state index contributed by atoms with van der Waals surface area (Å²) < 4.78 is 26.3. The number of benzene rings is 1. The van der Waals surface area contributed by atoms with E-state index >= 15 is 0 Å². The highest BCUT2D eigenvalue weighted by atomic mass is 19.1. The maximum atomic E-state index is 13.4. The summed E-state index contributed by atoms with van der Waals surface area (Å²) in [7, 11) is 0. The smallest absolute Gasteiger partial charge is 0.221 e. The number of imidazole rings is 1. The van der Waals surface area contributed by atoms with Crippen LogP contribution in [0.3, 0.4) is 0 Å². The normalized spacial score (nSPS) is 11.1. The Kier molecular flexibility index (Phi) is 1.73. The van der Waals surface area contributed by atoms with Gasteiger partial charge in [-0.05, 0) is 12.1 Å². The highest BCUT2D eigenvalue weighted by Gasteiger charge is 2.11. The number of H-pyrrole nitrogens is 1. The average Bonchev–Trinajstić information content (AvgIpc) is 2.81. The molecule has 0 unspecified atom stereocenters. The predicted octanol–water partition coefficient (Wildman–Crippen LogP) is 1.22. The fourth-order valence-electron chi connectivity index (χ4n) is 1.34. The molecule has 1 radical (unpaired) electrons. The third-order valence-corrected chi connectivity index (χ3v) is 2.06. The zero-order chi connectivity index (χ0) is 11.1. The van der Waals surface area contributed by atoms with Gasteiger partial charge in [0.25, 0.3) is 0 Å². The number of halogens is 2. The summed E-state index contributed by atoms with van der Waals surface area (Å²) >= 11 is 0. The van der Waals surface area contributed by atoms with Gasteiger partial charge in [-0.25, -0.2) is 13.8 Å². The van der Waals surface area contributed by atoms with Crippen molar-refractivity contribution in [3.8, 4) is 5.69 Å². The molecule has 3 rings (SSSR count). The molecule has 2 aromatic heterocycles. The summed E-state index contributed by atoms with van der Waals surface area (Å²) in [5.41, 5.74) is 0.596. The van der Waals surface area contributed by atoms with Gasteiger partial charge in [0.15, 0.2) is 12.1 Å². The standard InChI is InChI=1S/C9H4F2N5/c10-5-1-2-6(11)7(3-5)16-14-8-9(15-16)13-4-12-8/h1-3H,(H,12,13,14,15). The highest BCUT2D eigenvalue weighted by molar-refractivity contribution is 5.63. The summed E-state index contributed by atoms with van der Waals surface area (Å²) in [5.74, 6) is -1.17. The van der Waals surface area contributed by atoms with E-state index in [1.165, 1.54) is 0 Å². The molecular weight excluding hydrogens is 216 g/mol. The van der Waals surface area contributed by atoms with Crippen LogP contribution >= 0.6 is 0 Å². The van der Waals surface area contributed by atoms with E-state index in [9.17, 15) is 8.78 Å². The van der Waals surface area contributed by atoms with Crippen LogP contribution in [-0.2, 0) is 0 Å². The summed E-state index contributed by atoms with van der Waals surface area (Å²) in [6.07, 6.45) is 2.44. The summed E-state index contributed by atoms with van der Waals surface area (Å²) in [4.78, 5) is 7.31. The van der Waals surface area contributed by atoms with Gasteiger partial charge in [0.1, 0.15) is 11.5 Å². The Bertz CT molecular complexity index is 628. The molecule has 0 spiro atoms. The molecule has 0 aliphatic carbocycles. The molecular formula is C9H4F2N5. The Morgan fingerprint density at radius 2 is 2.12 bits per heavy atom. The molecule has 0 fully saturated rings. The Morgan fingerprint density at radius 3 is 2.94 bits per heavy atom. The van der Waals surface area contributed by atoms with Crippen LogP contribution < -0.4 is 0 Å². The largest absolute Gasteiger partial charge is 0.317 e. The molecule has 2 heterocycles. The van der Waals surface area contributed by atoms with Gasteiger partial charge >= 0.3 is 0 Å². The maximum Gasteiger partial charge on any atom is 0.221 e. The number of nitrogens with one attached hydrogen (secondary N) is 1. The second-order valence-corrected chi connectivity index (χ2v) is 3.11. The fraction of sp³-hybridized carbons (Fsp3) is 0. The van der Waals surface area contributed by atoms with E-state index in [-0.39, 0.29) is 5.69 Å². The van der Waals surface area contributed by atoms with Crippen LogP contribution in [0.25, 0.3) is 17.0 Å². The molecule has 7 heteroatoms. The second-order valence-electron chi connectivity index (χ2n) is 3.11. The molecule has 0 aliphatic rings. The zero-order valence-corrected chi connectivity index (χ0v) is 7.78. The van der Waals surface area contributed by atoms with Crippen molar-refractivity contribution in [3.05, 3.63) is 36.2 Å². The number of rotatable bonds is 1. The minimum atomic E-state index is -0.608. The number of aromatic nitrogens is 5. The summed E-state index contributed by atoms with van der Waals surface area (Å²) in [5, 5.41) is 7.76. The number of hydrogen-bond donors (Lipinski definition) is 1. The van der Waals surface area contributed by atoms with Crippen LogP contribution in [0.5, 0.6) is 0 Å². The summed E-state index contributed by atoms with van der Waals surface area (Å²) in [6.45, 7) is 0. The SMILES string of the molecule is Fc1ccc(F)c(-n2nc3n[c][nH]c3n2)c1. The molecule has 0 atom stereocenters. The molecule has 0 bridgehead atoms. The van der Waals surface area contributed by atoms with Gasteiger partial charge in [-0.3, -0.25) is 0 Å². The first-order valence-corrected chi connectivity index (χ1v) is 4.38. The minimum absolute atomic E-state index is 0.0635. The van der Waals surface area contributed by atoms with Crippen LogP contribution in [0, 0.1) is 18.0 Å². The van der Waals surface area contributed by atoms with Crippen LogP contribution in [0.1, 0.15) is 0 Å². The molecule has 0 saturated carbocycles. The van der Waals surface area contributed by atoms with Crippen molar-refractivity contribution in [3.63, 3.8) is 0 Å². The van der Waals surface area contributed by atoms with E-state index in [0.29, 0.717) is 11.3 Å². The van der Waals surface area contributed by atoms with Crippen molar-refractivity contribution in [2.24, 2.45) is 0 Å². The number of nitrogens with zero attached hydrogens (tertiary/aromatic N) is 4. The van der Waals surface area contributed by atoms with E-state index in [1.54, 1.807) is 0 Å². The van der Waals surface area contributed by atoms with Crippen molar-refractivity contribution in [1.82, 2.24) is 25.0 Å². The first-order valence-electron chi connectivity index (χ1n) is 4.38. The lowest BCUT2D eigenvalue weighted by atomic mass is 10.3. The molecule has 1 aromatic carbocycles. The van der Waals surface area contributed by atoms with Gasteiger partial charge in [0.2, 0.25) is 11.3 Å². The van der Waals surface area contributed by atoms with E-state index in [1.807, 2.05) is 0 Å². The van der Waals surface area contributed by atoms with Crippen molar-refractivity contribution >= 4 is 11.3 Å². The molecule has 0 amide bonds. The van der Waals surface area contributed by atoms with Crippen LogP contribution in [0.15, 0.2) is 18.2 Å². The van der Waals surface area contributed by atoms with Crippen molar-refractivity contribution in [1.29, 1.82) is 0 Å². The van der Waals surface area contributed by atoms with Gasteiger partial charge in [0, 0.05) is 6.07 Å². The Labute approximate surface area is 87.7 Å². The topological polar surface area (TPSA) is 59.4 Å². The zero-order valence-electron chi connectivity index (χ0n) is 7.78. The van der Waals surface area contributed by atoms with Crippen LogP contribution in [-0.4, -0.2) is 25.0 Å². The first kappa shape index (κ1) is 8.96. The lowest BCUT2D eigenvalue weighted by Gasteiger charge is -2.00. The van der Waals surface area contributed by atoms with Gasteiger partial charge in [-0.2, -0.15) is 0 Å². The highest BCUT2D eigenvalue weighted by Crippen LogP contribution is 2.14. The first-order chi connectivity index (χ1) is 7.74. The average molecular weight is 220 g/mol. The van der Waals surface area contributed by atoms with Gasteiger partial charge < -0.3 is 4.98 Å². The van der Waals surface area contributed by atoms with Gasteiger partial charge in [-0.15, -0.1) is 15.0 Å². The van der Waals surface area contributed by atoms with Crippen molar-refractivity contribution < 1.29 is 8.78 Å². The molecule has 3 aromatic rings. The van der Waals surface area contributed by atoms with E-state index in [0.717, 1.165) is 23.0 Å². The van der Waals surface area contributed by atoms with Crippen LogP contribution in [0.4, 0.5) is 8.78 Å². The Morgan fingerprint density at radius 1 is 1.25 bits per heavy atom. The molecule has 0 aliphatic heterocycles. The van der Waals surface area contributed by atoms with Crippen molar-refractivity contribution in [2.75, 3.05) is 0 Å². The molecule has 0 saturated heterocycles. The van der Waals surface area contributed by atoms with E-state index in [2.05, 4.69) is 26.5 Å². The minimum Gasteiger partial charge on any atom is -0.317 e. The molecule has 16 heavy (non-hydrogen) atoms. The number of fused-ring (bicyclic) bond motifs is 1. The Hall–Kier alpha value is -2.31. The number of hydrogen-bond acceptors (Lipinski definition) is 3. The molecule has 5 nitrogen and oxygen atoms in total.